The summed E-state index contributed by atoms with van der Waals surface area (Å²) < 4.78 is 0. The summed E-state index contributed by atoms with van der Waals surface area (Å²) in [5.74, 6) is 0.872. The fraction of sp³-hybridized carbons (Fsp3) is 0.300. The highest BCUT2D eigenvalue weighted by Gasteiger charge is 2.22. The molecule has 1 fully saturated rings. The maximum Gasteiger partial charge on any atom is 0.317 e. The molecule has 2 heterocycles. The molecule has 7 heteroatoms. The van der Waals surface area contributed by atoms with Gasteiger partial charge in [0.2, 0.25) is 5.95 Å². The van der Waals surface area contributed by atoms with Crippen LogP contribution in [0.3, 0.4) is 0 Å². The minimum absolute atomic E-state index is 0.0372. The molecule has 140 valence electrons. The van der Waals surface area contributed by atoms with Crippen LogP contribution >= 0.6 is 11.6 Å². The van der Waals surface area contributed by atoms with Crippen molar-refractivity contribution in [2.45, 2.75) is 13.5 Å². The van der Waals surface area contributed by atoms with Crippen molar-refractivity contribution >= 4 is 34.6 Å². The van der Waals surface area contributed by atoms with E-state index in [0.29, 0.717) is 24.7 Å². The minimum Gasteiger partial charge on any atom is -0.339 e. The highest BCUT2D eigenvalue weighted by molar-refractivity contribution is 6.30. The van der Waals surface area contributed by atoms with Gasteiger partial charge in [-0.15, -0.1) is 0 Å². The average molecular weight is 384 g/mol. The Labute approximate surface area is 163 Å². The lowest BCUT2D eigenvalue weighted by Crippen LogP contribution is -2.52. The number of nitrogens with one attached hydrogen (secondary N) is 2. The van der Waals surface area contributed by atoms with Crippen molar-refractivity contribution in [3.63, 3.8) is 0 Å². The lowest BCUT2D eigenvalue weighted by Gasteiger charge is -2.34. The first-order valence-corrected chi connectivity index (χ1v) is 9.45. The molecular weight excluding hydrogens is 362 g/mol. The number of H-pyrrole nitrogens is 1. The Morgan fingerprint density at radius 3 is 2.63 bits per heavy atom. The van der Waals surface area contributed by atoms with Gasteiger partial charge >= 0.3 is 6.03 Å². The summed E-state index contributed by atoms with van der Waals surface area (Å²) in [6.07, 6.45) is 0. The standard InChI is InChI=1S/C20H22ClN5O/c1-14-2-7-17-18(12-14)24-19(23-17)25-8-10-26(11-9-25)20(27)22-13-15-3-5-16(21)6-4-15/h2-7,12H,8-11,13H2,1H3,(H,22,27)(H,23,24). The predicted octanol–water partition coefficient (Wildman–Crippen LogP) is 3.56. The zero-order valence-corrected chi connectivity index (χ0v) is 16.0. The SMILES string of the molecule is Cc1ccc2nc(N3CCN(C(=O)NCc4ccc(Cl)cc4)CC3)[nH]c2c1. The van der Waals surface area contributed by atoms with E-state index in [9.17, 15) is 4.79 Å². The van der Waals surface area contributed by atoms with Crippen LogP contribution in [0.1, 0.15) is 11.1 Å². The van der Waals surface area contributed by atoms with E-state index in [0.717, 1.165) is 35.6 Å². The third kappa shape index (κ3) is 4.01. The van der Waals surface area contributed by atoms with Crippen molar-refractivity contribution in [3.05, 3.63) is 58.6 Å². The summed E-state index contributed by atoms with van der Waals surface area (Å²) in [4.78, 5) is 24.5. The van der Waals surface area contributed by atoms with E-state index >= 15 is 0 Å². The molecule has 1 aliphatic heterocycles. The van der Waals surface area contributed by atoms with Gasteiger partial charge in [0.15, 0.2) is 0 Å². The first kappa shape index (κ1) is 17.7. The van der Waals surface area contributed by atoms with Crippen LogP contribution in [0.5, 0.6) is 0 Å². The number of aryl methyl sites for hydroxylation is 1. The topological polar surface area (TPSA) is 64.3 Å². The largest absolute Gasteiger partial charge is 0.339 e. The molecule has 0 atom stereocenters. The number of imidazole rings is 1. The Balaban J connectivity index is 1.32. The van der Waals surface area contributed by atoms with Gasteiger partial charge in [-0.1, -0.05) is 29.8 Å². The number of piperazine rings is 1. The van der Waals surface area contributed by atoms with E-state index in [1.165, 1.54) is 5.56 Å². The molecule has 0 bridgehead atoms. The summed E-state index contributed by atoms with van der Waals surface area (Å²) in [5.41, 5.74) is 4.26. The van der Waals surface area contributed by atoms with Gasteiger partial charge in [-0.2, -0.15) is 0 Å². The van der Waals surface area contributed by atoms with Crippen molar-refractivity contribution in [2.24, 2.45) is 0 Å². The van der Waals surface area contributed by atoms with E-state index in [1.54, 1.807) is 0 Å². The molecule has 2 amide bonds. The van der Waals surface area contributed by atoms with Gasteiger partial charge < -0.3 is 20.1 Å². The molecule has 0 unspecified atom stereocenters. The number of benzene rings is 2. The van der Waals surface area contributed by atoms with Gasteiger partial charge in [0.05, 0.1) is 11.0 Å². The molecule has 6 nitrogen and oxygen atoms in total. The molecule has 0 saturated carbocycles. The van der Waals surface area contributed by atoms with Crippen LogP contribution in [-0.2, 0) is 6.54 Å². The van der Waals surface area contributed by atoms with Crippen LogP contribution in [-0.4, -0.2) is 47.1 Å². The number of carbonyl (C=O) groups is 1. The van der Waals surface area contributed by atoms with Gasteiger partial charge in [-0.3, -0.25) is 0 Å². The number of carbonyl (C=O) groups excluding carboxylic acids is 1. The number of fused-ring (bicyclic) bond motifs is 1. The molecule has 2 aromatic carbocycles. The quantitative estimate of drug-likeness (QED) is 0.726. The first-order valence-electron chi connectivity index (χ1n) is 9.07. The fourth-order valence-corrected chi connectivity index (χ4v) is 3.40. The van der Waals surface area contributed by atoms with Crippen molar-refractivity contribution in [2.75, 3.05) is 31.1 Å². The van der Waals surface area contributed by atoms with E-state index < -0.39 is 0 Å². The molecule has 27 heavy (non-hydrogen) atoms. The highest BCUT2D eigenvalue weighted by Crippen LogP contribution is 2.19. The second-order valence-electron chi connectivity index (χ2n) is 6.84. The molecule has 1 saturated heterocycles. The molecule has 4 rings (SSSR count). The summed E-state index contributed by atoms with van der Waals surface area (Å²) >= 11 is 5.89. The number of nitrogens with zero attached hydrogens (tertiary/aromatic N) is 3. The summed E-state index contributed by atoms with van der Waals surface area (Å²) in [7, 11) is 0. The van der Waals surface area contributed by atoms with Crippen LogP contribution in [0.25, 0.3) is 11.0 Å². The number of hydrogen-bond acceptors (Lipinski definition) is 3. The van der Waals surface area contributed by atoms with Gasteiger partial charge in [-0.25, -0.2) is 9.78 Å². The zero-order chi connectivity index (χ0) is 18.8. The average Bonchev–Trinajstić information content (AvgIpc) is 3.10. The lowest BCUT2D eigenvalue weighted by atomic mass is 10.2. The van der Waals surface area contributed by atoms with E-state index in [2.05, 4.69) is 39.2 Å². The maximum absolute atomic E-state index is 12.4. The van der Waals surface area contributed by atoms with Crippen molar-refractivity contribution in [1.82, 2.24) is 20.2 Å². The van der Waals surface area contributed by atoms with Gasteiger partial charge in [0.1, 0.15) is 0 Å². The van der Waals surface area contributed by atoms with Gasteiger partial charge in [-0.05, 0) is 42.3 Å². The second kappa shape index (κ2) is 7.48. The second-order valence-corrected chi connectivity index (χ2v) is 7.28. The lowest BCUT2D eigenvalue weighted by molar-refractivity contribution is 0.193. The Morgan fingerprint density at radius 2 is 1.89 bits per heavy atom. The molecule has 2 N–H and O–H groups in total. The number of amides is 2. The summed E-state index contributed by atoms with van der Waals surface area (Å²) in [5, 5.41) is 3.67. The van der Waals surface area contributed by atoms with Crippen molar-refractivity contribution in [1.29, 1.82) is 0 Å². The smallest absolute Gasteiger partial charge is 0.317 e. The van der Waals surface area contributed by atoms with Crippen molar-refractivity contribution < 1.29 is 4.79 Å². The van der Waals surface area contributed by atoms with Crippen LogP contribution < -0.4 is 10.2 Å². The normalized spacial score (nSPS) is 14.6. The number of anilines is 1. The minimum atomic E-state index is -0.0372. The third-order valence-electron chi connectivity index (χ3n) is 4.85. The van der Waals surface area contributed by atoms with E-state index in [-0.39, 0.29) is 6.03 Å². The van der Waals surface area contributed by atoms with Crippen LogP contribution in [0, 0.1) is 6.92 Å². The molecule has 0 aliphatic carbocycles. The number of hydrogen-bond donors (Lipinski definition) is 2. The Bertz CT molecular complexity index is 945. The number of halogens is 1. The van der Waals surface area contributed by atoms with E-state index in [4.69, 9.17) is 11.6 Å². The molecule has 1 aromatic heterocycles. The molecule has 1 aliphatic rings. The summed E-state index contributed by atoms with van der Waals surface area (Å²) in [6.45, 7) is 5.42. The number of rotatable bonds is 3. The third-order valence-corrected chi connectivity index (χ3v) is 5.10. The molecular formula is C20H22ClN5O. The number of aromatic nitrogens is 2. The number of aromatic amines is 1. The Hall–Kier alpha value is -2.73. The van der Waals surface area contributed by atoms with Crippen LogP contribution in [0.4, 0.5) is 10.7 Å². The zero-order valence-electron chi connectivity index (χ0n) is 15.2. The maximum atomic E-state index is 12.4. The van der Waals surface area contributed by atoms with Gasteiger partial charge in [0, 0.05) is 37.7 Å². The Morgan fingerprint density at radius 1 is 1.15 bits per heavy atom. The molecule has 0 radical (unpaired) electrons. The first-order chi connectivity index (χ1) is 13.1. The highest BCUT2D eigenvalue weighted by atomic mass is 35.5. The number of urea groups is 1. The van der Waals surface area contributed by atoms with E-state index in [1.807, 2.05) is 35.2 Å². The van der Waals surface area contributed by atoms with Crippen LogP contribution in [0.15, 0.2) is 42.5 Å². The van der Waals surface area contributed by atoms with Crippen LogP contribution in [0.2, 0.25) is 5.02 Å². The fourth-order valence-electron chi connectivity index (χ4n) is 3.27. The monoisotopic (exact) mass is 383 g/mol. The van der Waals surface area contributed by atoms with Gasteiger partial charge in [0.25, 0.3) is 0 Å². The predicted molar refractivity (Wildman–Crippen MR) is 108 cm³/mol. The summed E-state index contributed by atoms with van der Waals surface area (Å²) in [6, 6.07) is 13.7. The molecule has 3 aromatic rings. The molecule has 0 spiro atoms. The van der Waals surface area contributed by atoms with Crippen molar-refractivity contribution in [3.8, 4) is 0 Å². The Kier molecular flexibility index (Phi) is 4.90.